The van der Waals surface area contributed by atoms with Crippen LogP contribution in [0.4, 0.5) is 5.69 Å². The molecule has 3 aromatic rings. The number of nitrogens with two attached hydrogens (primary N) is 1. The number of fused-ring (bicyclic) bond motifs is 1. The molecular formula is C19H18N2O. The molecule has 0 saturated heterocycles. The van der Waals surface area contributed by atoms with Gasteiger partial charge in [-0.05, 0) is 28.0 Å². The van der Waals surface area contributed by atoms with Crippen LogP contribution >= 0.6 is 0 Å². The van der Waals surface area contributed by atoms with E-state index in [1.165, 1.54) is 5.39 Å². The van der Waals surface area contributed by atoms with Crippen LogP contribution in [0.5, 0.6) is 0 Å². The van der Waals surface area contributed by atoms with Crippen molar-refractivity contribution in [3.8, 4) is 0 Å². The first-order valence-electron chi connectivity index (χ1n) is 7.32. The fourth-order valence-electron chi connectivity index (χ4n) is 2.55. The molecule has 3 N–H and O–H groups in total. The molecule has 22 heavy (non-hydrogen) atoms. The topological polar surface area (TPSA) is 55.1 Å². The van der Waals surface area contributed by atoms with Crippen LogP contribution in [0.15, 0.2) is 66.7 Å². The van der Waals surface area contributed by atoms with Gasteiger partial charge in [-0.3, -0.25) is 4.79 Å². The number of nitrogens with one attached hydrogen (secondary N) is 1. The second kappa shape index (κ2) is 6.41. The van der Waals surface area contributed by atoms with E-state index in [4.69, 9.17) is 5.73 Å². The molecule has 3 aromatic carbocycles. The number of benzene rings is 3. The molecule has 3 heteroatoms. The second-order valence-electron chi connectivity index (χ2n) is 5.27. The van der Waals surface area contributed by atoms with Crippen molar-refractivity contribution in [2.45, 2.75) is 13.0 Å². The van der Waals surface area contributed by atoms with E-state index in [1.807, 2.05) is 48.5 Å². The molecular weight excluding hydrogens is 272 g/mol. The normalized spacial score (nSPS) is 10.6. The van der Waals surface area contributed by atoms with E-state index in [0.29, 0.717) is 13.0 Å². The molecule has 0 aliphatic heterocycles. The molecule has 0 spiro atoms. The lowest BCUT2D eigenvalue weighted by Crippen LogP contribution is -2.16. The Morgan fingerprint density at radius 2 is 1.64 bits per heavy atom. The highest BCUT2D eigenvalue weighted by atomic mass is 16.1. The summed E-state index contributed by atoms with van der Waals surface area (Å²) in [5.41, 5.74) is 8.42. The molecule has 3 rings (SSSR count). The number of carbonyl (C=O) groups excluding carboxylic acids is 1. The summed E-state index contributed by atoms with van der Waals surface area (Å²) in [7, 11) is 0. The summed E-state index contributed by atoms with van der Waals surface area (Å²) in [6, 6.07) is 21.9. The zero-order valence-electron chi connectivity index (χ0n) is 12.3. The Balaban J connectivity index is 1.75. The van der Waals surface area contributed by atoms with Gasteiger partial charge in [0.05, 0.1) is 6.42 Å². The zero-order chi connectivity index (χ0) is 15.4. The molecule has 1 amide bonds. The first kappa shape index (κ1) is 14.3. The van der Waals surface area contributed by atoms with Gasteiger partial charge in [-0.2, -0.15) is 0 Å². The van der Waals surface area contributed by atoms with Crippen molar-refractivity contribution in [2.24, 2.45) is 5.73 Å². The lowest BCUT2D eigenvalue weighted by atomic mass is 10.0. The summed E-state index contributed by atoms with van der Waals surface area (Å²) in [5.74, 6) is -0.0313. The molecule has 0 saturated carbocycles. The molecule has 0 fully saturated rings. The lowest BCUT2D eigenvalue weighted by molar-refractivity contribution is -0.115. The third-order valence-corrected chi connectivity index (χ3v) is 3.69. The van der Waals surface area contributed by atoms with Crippen LogP contribution in [-0.2, 0) is 17.8 Å². The number of hydrogen-bond acceptors (Lipinski definition) is 2. The largest absolute Gasteiger partial charge is 0.326 e. The maximum absolute atomic E-state index is 12.2. The van der Waals surface area contributed by atoms with Gasteiger partial charge >= 0.3 is 0 Å². The van der Waals surface area contributed by atoms with Gasteiger partial charge in [0.15, 0.2) is 0 Å². The van der Waals surface area contributed by atoms with Gasteiger partial charge in [0.1, 0.15) is 0 Å². The van der Waals surface area contributed by atoms with Crippen molar-refractivity contribution in [1.82, 2.24) is 0 Å². The van der Waals surface area contributed by atoms with E-state index in [9.17, 15) is 4.79 Å². The van der Waals surface area contributed by atoms with Crippen LogP contribution in [-0.4, -0.2) is 5.91 Å². The number of carbonyl (C=O) groups is 1. The molecule has 0 aliphatic carbocycles. The maximum Gasteiger partial charge on any atom is 0.228 e. The highest BCUT2D eigenvalue weighted by Crippen LogP contribution is 2.17. The van der Waals surface area contributed by atoms with Crippen LogP contribution in [0.2, 0.25) is 0 Å². The van der Waals surface area contributed by atoms with Crippen molar-refractivity contribution in [3.63, 3.8) is 0 Å². The predicted molar refractivity (Wildman–Crippen MR) is 90.6 cm³/mol. The summed E-state index contributed by atoms with van der Waals surface area (Å²) in [6.45, 7) is 0.409. The van der Waals surface area contributed by atoms with Gasteiger partial charge in [-0.1, -0.05) is 60.7 Å². The van der Waals surface area contributed by atoms with Crippen LogP contribution in [0.1, 0.15) is 11.1 Å². The molecule has 0 aliphatic rings. The lowest BCUT2D eigenvalue weighted by Gasteiger charge is -2.10. The number of amides is 1. The van der Waals surface area contributed by atoms with Gasteiger partial charge in [0.25, 0.3) is 0 Å². The van der Waals surface area contributed by atoms with E-state index < -0.39 is 0 Å². The summed E-state index contributed by atoms with van der Waals surface area (Å²) in [5, 5.41) is 5.27. The Morgan fingerprint density at radius 3 is 2.45 bits per heavy atom. The minimum Gasteiger partial charge on any atom is -0.326 e. The Bertz CT molecular complexity index is 811. The Kier molecular flexibility index (Phi) is 4.17. The maximum atomic E-state index is 12.2. The molecule has 0 aromatic heterocycles. The molecule has 3 nitrogen and oxygen atoms in total. The van der Waals surface area contributed by atoms with Crippen molar-refractivity contribution in [3.05, 3.63) is 77.9 Å². The monoisotopic (exact) mass is 290 g/mol. The minimum absolute atomic E-state index is 0.0313. The van der Waals surface area contributed by atoms with Gasteiger partial charge in [-0.15, -0.1) is 0 Å². The van der Waals surface area contributed by atoms with Gasteiger partial charge in [0.2, 0.25) is 5.91 Å². The molecule has 0 bridgehead atoms. The third-order valence-electron chi connectivity index (χ3n) is 3.69. The summed E-state index contributed by atoms with van der Waals surface area (Å²) in [6.07, 6.45) is 0.351. The SMILES string of the molecule is NCc1ccccc1NC(=O)Cc1ccc2ccccc2c1. The van der Waals surface area contributed by atoms with Crippen molar-refractivity contribution < 1.29 is 4.79 Å². The fourth-order valence-corrected chi connectivity index (χ4v) is 2.55. The molecule has 110 valence electrons. The molecule has 0 unspecified atom stereocenters. The first-order chi connectivity index (χ1) is 10.8. The Morgan fingerprint density at radius 1 is 0.909 bits per heavy atom. The zero-order valence-corrected chi connectivity index (χ0v) is 12.3. The van der Waals surface area contributed by atoms with E-state index in [2.05, 4.69) is 23.5 Å². The summed E-state index contributed by atoms with van der Waals surface area (Å²) >= 11 is 0. The van der Waals surface area contributed by atoms with Gasteiger partial charge in [0, 0.05) is 12.2 Å². The van der Waals surface area contributed by atoms with Crippen molar-refractivity contribution >= 4 is 22.4 Å². The quantitative estimate of drug-likeness (QED) is 0.773. The number of rotatable bonds is 4. The van der Waals surface area contributed by atoms with E-state index in [-0.39, 0.29) is 5.91 Å². The molecule has 0 heterocycles. The second-order valence-corrected chi connectivity index (χ2v) is 5.27. The Labute approximate surface area is 129 Å². The summed E-state index contributed by atoms with van der Waals surface area (Å²) < 4.78 is 0. The molecule has 0 radical (unpaired) electrons. The average molecular weight is 290 g/mol. The van der Waals surface area contributed by atoms with Gasteiger partial charge < -0.3 is 11.1 Å². The Hall–Kier alpha value is -2.65. The average Bonchev–Trinajstić information content (AvgIpc) is 2.55. The number of hydrogen-bond donors (Lipinski definition) is 2. The summed E-state index contributed by atoms with van der Waals surface area (Å²) in [4.78, 5) is 12.2. The third kappa shape index (κ3) is 3.15. The van der Waals surface area contributed by atoms with Crippen molar-refractivity contribution in [2.75, 3.05) is 5.32 Å². The fraction of sp³-hybridized carbons (Fsp3) is 0.105. The van der Waals surface area contributed by atoms with Crippen LogP contribution in [0.25, 0.3) is 10.8 Å². The highest BCUT2D eigenvalue weighted by molar-refractivity contribution is 5.94. The number of para-hydroxylation sites is 1. The highest BCUT2D eigenvalue weighted by Gasteiger charge is 2.07. The first-order valence-corrected chi connectivity index (χ1v) is 7.32. The van der Waals surface area contributed by atoms with Crippen LogP contribution in [0.3, 0.4) is 0 Å². The van der Waals surface area contributed by atoms with E-state index in [1.54, 1.807) is 0 Å². The van der Waals surface area contributed by atoms with Crippen LogP contribution in [0, 0.1) is 0 Å². The van der Waals surface area contributed by atoms with Gasteiger partial charge in [-0.25, -0.2) is 0 Å². The van der Waals surface area contributed by atoms with E-state index in [0.717, 1.165) is 22.2 Å². The predicted octanol–water partition coefficient (Wildman–Crippen LogP) is 3.48. The van der Waals surface area contributed by atoms with E-state index >= 15 is 0 Å². The minimum atomic E-state index is -0.0313. The standard InChI is InChI=1S/C19H18N2O/c20-13-17-7-3-4-8-18(17)21-19(22)12-14-9-10-15-5-1-2-6-16(15)11-14/h1-11H,12-13,20H2,(H,21,22). The van der Waals surface area contributed by atoms with Crippen molar-refractivity contribution in [1.29, 1.82) is 0 Å². The van der Waals surface area contributed by atoms with Crippen LogP contribution < -0.4 is 11.1 Å². The number of anilines is 1. The smallest absolute Gasteiger partial charge is 0.228 e. The molecule has 0 atom stereocenters.